The van der Waals surface area contributed by atoms with Gasteiger partial charge in [0.15, 0.2) is 11.5 Å². The van der Waals surface area contributed by atoms with Crippen molar-refractivity contribution in [3.8, 4) is 46.0 Å². The zero-order valence-electron chi connectivity index (χ0n) is 43.1. The molecule has 0 saturated heterocycles. The quantitative estimate of drug-likeness (QED) is 0.0288. The average Bonchev–Trinajstić information content (AvgIpc) is 3.45. The molecule has 0 aromatic heterocycles. The van der Waals surface area contributed by atoms with Gasteiger partial charge >= 0.3 is 0 Å². The molecule has 0 saturated carbocycles. The van der Waals surface area contributed by atoms with Crippen LogP contribution in [0.3, 0.4) is 0 Å². The summed E-state index contributed by atoms with van der Waals surface area (Å²) < 4.78 is 91.6. The Morgan fingerprint density at radius 2 is 0.825 bits per heavy atom. The van der Waals surface area contributed by atoms with Crippen molar-refractivity contribution in [2.24, 2.45) is 20.5 Å². The number of azo groups is 2. The van der Waals surface area contributed by atoms with Crippen molar-refractivity contribution in [3.63, 3.8) is 0 Å². The molecule has 0 heterocycles. The molecule has 0 spiro atoms. The van der Waals surface area contributed by atoms with Crippen molar-refractivity contribution in [2.45, 2.75) is 9.79 Å². The second kappa shape index (κ2) is 24.5. The van der Waals surface area contributed by atoms with Gasteiger partial charge in [0.25, 0.3) is 11.8 Å². The topological polar surface area (TPSA) is 296 Å². The van der Waals surface area contributed by atoms with E-state index >= 15 is 0 Å². The summed E-state index contributed by atoms with van der Waals surface area (Å²) in [5.41, 5.74) is -0.437. The summed E-state index contributed by atoms with van der Waals surface area (Å²) in [4.78, 5) is 26.9. The molecular formula is C54H48Cl2N8O14S2. The Morgan fingerprint density at radius 1 is 0.463 bits per heavy atom. The molecule has 2 amide bonds. The average molecular weight is 1170 g/mol. The smallest absolute Gasteiger partial charge is 0.259 e. The zero-order chi connectivity index (χ0) is 57.5. The minimum atomic E-state index is -4.35. The molecule has 0 bridgehead atoms. The highest BCUT2D eigenvalue weighted by molar-refractivity contribution is 7.90. The summed E-state index contributed by atoms with van der Waals surface area (Å²) in [6.45, 7) is -0.851. The number of hydrogen-bond acceptors (Lipinski definition) is 18. The summed E-state index contributed by atoms with van der Waals surface area (Å²) in [5, 5.41) is 47.7. The Bertz CT molecular complexity index is 3780. The first-order valence-corrected chi connectivity index (χ1v) is 27.2. The molecule has 0 atom stereocenters. The number of rotatable bonds is 21. The Kier molecular flexibility index (Phi) is 17.6. The van der Waals surface area contributed by atoms with E-state index in [2.05, 4.69) is 40.5 Å². The summed E-state index contributed by atoms with van der Waals surface area (Å²) >= 11 is 12.6. The predicted octanol–water partition coefficient (Wildman–Crippen LogP) is 11.4. The molecule has 8 rings (SSSR count). The number of carbonyl (C=O) groups is 2. The largest absolute Gasteiger partial charge is 0.505 e. The van der Waals surface area contributed by atoms with Crippen LogP contribution in [0.5, 0.6) is 46.0 Å². The van der Waals surface area contributed by atoms with Crippen molar-refractivity contribution >= 4 is 111 Å². The Labute approximate surface area is 468 Å². The number of hydrogen-bond donors (Lipinski definition) is 6. The van der Waals surface area contributed by atoms with E-state index in [-0.39, 0.29) is 88.1 Å². The highest BCUT2D eigenvalue weighted by Crippen LogP contribution is 2.44. The minimum absolute atomic E-state index is 0.0855. The Hall–Kier alpha value is -8.78. The SMILES string of the molecule is COc1cc(OC)c(NC(=O)c2cc3ccccc3c(N=Nc3cc(S(=O)(=O)NCCNS(=O)(=O)c4ccc(OC)c(N=Nc5c(O)c(C(=O)Nc6cc(Cl)c(OC)cc6OC)cc6ccccc56)c4)ccc3OC)c2O)cc1Cl. The van der Waals surface area contributed by atoms with Gasteiger partial charge in [-0.2, -0.15) is 0 Å². The van der Waals surface area contributed by atoms with Crippen LogP contribution >= 0.6 is 23.2 Å². The molecule has 26 heteroatoms. The number of nitrogens with one attached hydrogen (secondary N) is 4. The number of methoxy groups -OCH3 is 6. The lowest BCUT2D eigenvalue weighted by molar-refractivity contribution is 0.101. The number of nitrogens with zero attached hydrogens (tertiary/aromatic N) is 4. The fourth-order valence-corrected chi connectivity index (χ4v) is 10.6. The predicted molar refractivity (Wildman–Crippen MR) is 301 cm³/mol. The van der Waals surface area contributed by atoms with E-state index in [9.17, 15) is 36.6 Å². The van der Waals surface area contributed by atoms with E-state index in [4.69, 9.17) is 51.6 Å². The van der Waals surface area contributed by atoms with Gasteiger partial charge in [0.05, 0.1) is 85.0 Å². The van der Waals surface area contributed by atoms with Gasteiger partial charge in [-0.15, -0.1) is 20.5 Å². The van der Waals surface area contributed by atoms with Gasteiger partial charge in [-0.3, -0.25) is 9.59 Å². The second-order valence-corrected chi connectivity index (χ2v) is 21.2. The summed E-state index contributed by atoms with van der Waals surface area (Å²) in [6, 6.07) is 29.7. The van der Waals surface area contributed by atoms with E-state index in [1.807, 2.05) is 0 Å². The fraction of sp³-hybridized carbons (Fsp3) is 0.148. The molecule has 0 aliphatic heterocycles. The van der Waals surface area contributed by atoms with Gasteiger partial charge in [0.2, 0.25) is 20.0 Å². The molecule has 6 N–H and O–H groups in total. The van der Waals surface area contributed by atoms with Gasteiger partial charge < -0.3 is 49.3 Å². The lowest BCUT2D eigenvalue weighted by atomic mass is 10.0. The van der Waals surface area contributed by atoms with Crippen LogP contribution in [0.1, 0.15) is 20.7 Å². The van der Waals surface area contributed by atoms with Gasteiger partial charge in [-0.1, -0.05) is 71.7 Å². The molecule has 0 aliphatic carbocycles. The molecule has 8 aromatic carbocycles. The lowest BCUT2D eigenvalue weighted by Crippen LogP contribution is -2.34. The van der Waals surface area contributed by atoms with E-state index in [0.717, 1.165) is 12.1 Å². The van der Waals surface area contributed by atoms with Crippen molar-refractivity contribution < 1.29 is 65.1 Å². The van der Waals surface area contributed by atoms with Gasteiger partial charge in [0.1, 0.15) is 57.2 Å². The van der Waals surface area contributed by atoms with Crippen molar-refractivity contribution in [1.82, 2.24) is 9.44 Å². The van der Waals surface area contributed by atoms with E-state index in [1.54, 1.807) is 48.5 Å². The van der Waals surface area contributed by atoms with Crippen molar-refractivity contribution in [3.05, 3.63) is 142 Å². The van der Waals surface area contributed by atoms with Gasteiger partial charge in [-0.25, -0.2) is 26.3 Å². The Morgan fingerprint density at radius 3 is 1.19 bits per heavy atom. The first-order valence-electron chi connectivity index (χ1n) is 23.5. The number of carbonyl (C=O) groups excluding carboxylic acids is 2. The number of phenols is 2. The number of amides is 2. The number of phenolic OH excluding ortho intramolecular Hbond substituents is 2. The van der Waals surface area contributed by atoms with Crippen LogP contribution in [0.25, 0.3) is 21.5 Å². The maximum Gasteiger partial charge on any atom is 0.259 e. The van der Waals surface area contributed by atoms with Crippen LogP contribution in [-0.4, -0.2) is 94.6 Å². The van der Waals surface area contributed by atoms with Crippen LogP contribution in [-0.2, 0) is 20.0 Å². The third-order valence-electron chi connectivity index (χ3n) is 12.1. The number of benzene rings is 8. The van der Waals surface area contributed by atoms with Gasteiger partial charge in [-0.05, 0) is 71.4 Å². The molecule has 22 nitrogen and oxygen atoms in total. The summed E-state index contributed by atoms with van der Waals surface area (Å²) in [7, 11) is -0.424. The van der Waals surface area contributed by atoms with E-state index in [0.29, 0.717) is 33.0 Å². The van der Waals surface area contributed by atoms with Crippen LogP contribution in [0, 0.1) is 0 Å². The summed E-state index contributed by atoms with van der Waals surface area (Å²) in [6.07, 6.45) is 0. The molecule has 0 aliphatic rings. The molecule has 0 unspecified atom stereocenters. The summed E-state index contributed by atoms with van der Waals surface area (Å²) in [5.74, 6) is -1.35. The highest BCUT2D eigenvalue weighted by atomic mass is 35.5. The fourth-order valence-electron chi connectivity index (χ4n) is 8.05. The normalized spacial score (nSPS) is 11.8. The standard InChI is InChI=1S/C54H48Cl2N8O14S2/c1-73-43-17-15-31(23-41(43)61-63-49-33-13-9-7-11-29(33)21-35(51(49)65)53(67)59-39-25-37(55)45(75-3)27-47(39)77-5)79(69,70)57-19-20-58-80(71,72)32-16-18-44(74-2)42(24-32)62-64-50-34-14-10-8-12-30(34)22-36(52(50)66)54(68)60-40-26-38(56)46(76-4)28-48(40)78-6/h7-18,21-28,57-58,65-66H,19-20H2,1-6H3,(H,59,67)(H,60,68). The molecule has 80 heavy (non-hydrogen) atoms. The Balaban J connectivity index is 0.983. The number of halogens is 2. The zero-order valence-corrected chi connectivity index (χ0v) is 46.3. The minimum Gasteiger partial charge on any atom is -0.505 e. The monoisotopic (exact) mass is 1170 g/mol. The molecule has 414 valence electrons. The molecular weight excluding hydrogens is 1120 g/mol. The lowest BCUT2D eigenvalue weighted by Gasteiger charge is -2.15. The van der Waals surface area contributed by atoms with Crippen LogP contribution in [0.2, 0.25) is 10.0 Å². The second-order valence-electron chi connectivity index (χ2n) is 16.8. The highest BCUT2D eigenvalue weighted by Gasteiger charge is 2.25. The number of anilines is 2. The van der Waals surface area contributed by atoms with Gasteiger partial charge in [0, 0.05) is 36.0 Å². The maximum absolute atomic E-state index is 13.7. The molecule has 0 radical (unpaired) electrons. The maximum atomic E-state index is 13.7. The van der Waals surface area contributed by atoms with E-state index < -0.39 is 56.4 Å². The molecule has 8 aromatic rings. The third-order valence-corrected chi connectivity index (χ3v) is 15.6. The first-order chi connectivity index (χ1) is 38.3. The van der Waals surface area contributed by atoms with Crippen molar-refractivity contribution in [2.75, 3.05) is 66.4 Å². The van der Waals surface area contributed by atoms with E-state index in [1.165, 1.54) is 103 Å². The molecule has 0 fully saturated rings. The third kappa shape index (κ3) is 12.2. The van der Waals surface area contributed by atoms with Crippen LogP contribution < -0.4 is 48.5 Å². The number of ether oxygens (including phenoxy) is 6. The van der Waals surface area contributed by atoms with Crippen LogP contribution in [0.4, 0.5) is 34.1 Å². The first kappa shape index (κ1) is 57.4. The van der Waals surface area contributed by atoms with Crippen molar-refractivity contribution in [1.29, 1.82) is 0 Å². The van der Waals surface area contributed by atoms with Crippen LogP contribution in [0.15, 0.2) is 152 Å². The number of fused-ring (bicyclic) bond motifs is 2. The number of sulfonamides is 2. The number of aromatic hydroxyl groups is 2.